The molecule has 2 atom stereocenters. The van der Waals surface area contributed by atoms with E-state index in [2.05, 4.69) is 18.3 Å². The van der Waals surface area contributed by atoms with Crippen molar-refractivity contribution in [3.05, 3.63) is 16.0 Å². The molecule has 108 valence electrons. The standard InChI is InChI=1S/C15H21N3OS/c1-4-15(3,17)14(19)18-13-11(8-16)10-6-5-9(2)7-12(10)20-13/h9H,4-7,17H2,1-3H3,(H,18,19). The fourth-order valence-corrected chi connectivity index (χ4v) is 3.72. The molecule has 4 nitrogen and oxygen atoms in total. The molecule has 1 aromatic rings. The molecule has 0 aliphatic heterocycles. The third kappa shape index (κ3) is 2.72. The lowest BCUT2D eigenvalue weighted by atomic mass is 9.88. The first-order chi connectivity index (χ1) is 9.39. The molecule has 0 saturated carbocycles. The van der Waals surface area contributed by atoms with E-state index in [1.165, 1.54) is 16.2 Å². The first-order valence-corrected chi connectivity index (χ1v) is 7.85. The Kier molecular flexibility index (Phi) is 4.17. The number of nitriles is 1. The smallest absolute Gasteiger partial charge is 0.244 e. The maximum absolute atomic E-state index is 12.2. The minimum atomic E-state index is -0.898. The van der Waals surface area contributed by atoms with E-state index < -0.39 is 5.54 Å². The van der Waals surface area contributed by atoms with Gasteiger partial charge in [-0.05, 0) is 44.1 Å². The molecule has 0 saturated heterocycles. The van der Waals surface area contributed by atoms with Crippen LogP contribution < -0.4 is 11.1 Å². The fraction of sp³-hybridized carbons (Fsp3) is 0.600. The van der Waals surface area contributed by atoms with Gasteiger partial charge >= 0.3 is 0 Å². The van der Waals surface area contributed by atoms with Gasteiger partial charge < -0.3 is 11.1 Å². The number of fused-ring (bicyclic) bond motifs is 1. The number of hydrogen-bond donors (Lipinski definition) is 2. The Balaban J connectivity index is 2.30. The molecule has 1 amide bonds. The van der Waals surface area contributed by atoms with Crippen molar-refractivity contribution in [2.24, 2.45) is 11.7 Å². The average molecular weight is 291 g/mol. The number of thiophene rings is 1. The van der Waals surface area contributed by atoms with Crippen molar-refractivity contribution < 1.29 is 4.79 Å². The summed E-state index contributed by atoms with van der Waals surface area (Å²) in [5.74, 6) is 0.426. The van der Waals surface area contributed by atoms with Crippen molar-refractivity contribution >= 4 is 22.2 Å². The van der Waals surface area contributed by atoms with Crippen LogP contribution in [-0.2, 0) is 17.6 Å². The highest BCUT2D eigenvalue weighted by atomic mass is 32.1. The Morgan fingerprint density at radius 3 is 2.95 bits per heavy atom. The molecule has 2 rings (SSSR count). The van der Waals surface area contributed by atoms with Gasteiger partial charge in [-0.15, -0.1) is 11.3 Å². The van der Waals surface area contributed by atoms with Crippen molar-refractivity contribution in [2.45, 2.75) is 52.0 Å². The molecule has 0 fully saturated rings. The molecule has 1 aromatic heterocycles. The number of carbonyl (C=O) groups is 1. The molecule has 5 heteroatoms. The Bertz CT molecular complexity index is 568. The molecule has 1 aliphatic rings. The number of nitrogens with two attached hydrogens (primary N) is 1. The first-order valence-electron chi connectivity index (χ1n) is 7.04. The lowest BCUT2D eigenvalue weighted by molar-refractivity contribution is -0.120. The third-order valence-electron chi connectivity index (χ3n) is 4.10. The second-order valence-electron chi connectivity index (χ2n) is 5.89. The van der Waals surface area contributed by atoms with Gasteiger partial charge in [-0.3, -0.25) is 4.79 Å². The van der Waals surface area contributed by atoms with Crippen LogP contribution in [0.25, 0.3) is 0 Å². The Morgan fingerprint density at radius 2 is 2.35 bits per heavy atom. The van der Waals surface area contributed by atoms with E-state index in [1.54, 1.807) is 6.92 Å². The third-order valence-corrected chi connectivity index (χ3v) is 5.27. The van der Waals surface area contributed by atoms with Crippen LogP contribution in [0.1, 0.15) is 49.6 Å². The summed E-state index contributed by atoms with van der Waals surface area (Å²) in [5.41, 5.74) is 6.82. The topological polar surface area (TPSA) is 78.9 Å². The van der Waals surface area contributed by atoms with Gasteiger partial charge in [0.2, 0.25) is 5.91 Å². The van der Waals surface area contributed by atoms with Crippen molar-refractivity contribution in [1.29, 1.82) is 5.26 Å². The molecule has 2 unspecified atom stereocenters. The predicted molar refractivity (Wildman–Crippen MR) is 81.7 cm³/mol. The van der Waals surface area contributed by atoms with Gasteiger partial charge in [-0.25, -0.2) is 0 Å². The Hall–Kier alpha value is -1.38. The SMILES string of the molecule is CCC(C)(N)C(=O)Nc1sc2c(c1C#N)CCC(C)C2. The summed E-state index contributed by atoms with van der Waals surface area (Å²) in [7, 11) is 0. The molecule has 0 radical (unpaired) electrons. The lowest BCUT2D eigenvalue weighted by Crippen LogP contribution is -2.47. The highest BCUT2D eigenvalue weighted by Gasteiger charge is 2.29. The van der Waals surface area contributed by atoms with E-state index in [1.807, 2.05) is 6.92 Å². The highest BCUT2D eigenvalue weighted by Crippen LogP contribution is 2.39. The first kappa shape index (κ1) is 15.0. The second-order valence-corrected chi connectivity index (χ2v) is 7.00. The van der Waals surface area contributed by atoms with Gasteiger partial charge in [0.25, 0.3) is 0 Å². The Labute approximate surface area is 124 Å². The number of nitrogens with one attached hydrogen (secondary N) is 1. The van der Waals surface area contributed by atoms with E-state index >= 15 is 0 Å². The van der Waals surface area contributed by atoms with Crippen LogP contribution in [-0.4, -0.2) is 11.4 Å². The minimum absolute atomic E-state index is 0.219. The van der Waals surface area contributed by atoms with Gasteiger partial charge in [0, 0.05) is 4.88 Å². The predicted octanol–water partition coefficient (Wildman–Crippen LogP) is 2.81. The van der Waals surface area contributed by atoms with Crippen molar-refractivity contribution in [3.8, 4) is 6.07 Å². The summed E-state index contributed by atoms with van der Waals surface area (Å²) in [4.78, 5) is 13.4. The molecule has 0 spiro atoms. The van der Waals surface area contributed by atoms with Gasteiger partial charge in [-0.2, -0.15) is 5.26 Å². The second kappa shape index (κ2) is 5.55. The maximum Gasteiger partial charge on any atom is 0.244 e. The molecule has 0 bridgehead atoms. The van der Waals surface area contributed by atoms with E-state index in [9.17, 15) is 10.1 Å². The molecular formula is C15H21N3OS. The van der Waals surface area contributed by atoms with Crippen LogP contribution in [0, 0.1) is 17.2 Å². The van der Waals surface area contributed by atoms with Crippen molar-refractivity contribution in [2.75, 3.05) is 5.32 Å². The van der Waals surface area contributed by atoms with Gasteiger partial charge in [0.15, 0.2) is 0 Å². The fourth-order valence-electron chi connectivity index (χ4n) is 2.36. The molecule has 0 aromatic carbocycles. The van der Waals surface area contributed by atoms with E-state index in [4.69, 9.17) is 5.73 Å². The van der Waals surface area contributed by atoms with Gasteiger partial charge in [0.1, 0.15) is 11.1 Å². The lowest BCUT2D eigenvalue weighted by Gasteiger charge is -2.21. The monoisotopic (exact) mass is 291 g/mol. The van der Waals surface area contributed by atoms with Crippen LogP contribution >= 0.6 is 11.3 Å². The number of rotatable bonds is 3. The summed E-state index contributed by atoms with van der Waals surface area (Å²) in [6.07, 6.45) is 3.59. The van der Waals surface area contributed by atoms with Crippen LogP contribution in [0.4, 0.5) is 5.00 Å². The van der Waals surface area contributed by atoms with E-state index in [0.717, 1.165) is 24.8 Å². The maximum atomic E-state index is 12.2. The van der Waals surface area contributed by atoms with E-state index in [0.29, 0.717) is 22.9 Å². The highest BCUT2D eigenvalue weighted by molar-refractivity contribution is 7.16. The van der Waals surface area contributed by atoms with Crippen LogP contribution in [0.3, 0.4) is 0 Å². The van der Waals surface area contributed by atoms with Gasteiger partial charge in [0.05, 0.1) is 11.1 Å². The number of carbonyl (C=O) groups excluding carboxylic acids is 1. The molecule has 20 heavy (non-hydrogen) atoms. The minimum Gasteiger partial charge on any atom is -0.318 e. The molecular weight excluding hydrogens is 270 g/mol. The quantitative estimate of drug-likeness (QED) is 0.898. The van der Waals surface area contributed by atoms with Crippen molar-refractivity contribution in [1.82, 2.24) is 0 Å². The molecule has 1 aliphatic carbocycles. The zero-order valence-electron chi connectivity index (χ0n) is 12.2. The summed E-state index contributed by atoms with van der Waals surface area (Å²) < 4.78 is 0. The number of anilines is 1. The largest absolute Gasteiger partial charge is 0.318 e. The number of amides is 1. The summed E-state index contributed by atoms with van der Waals surface area (Å²) in [5, 5.41) is 12.9. The Morgan fingerprint density at radius 1 is 1.65 bits per heavy atom. The summed E-state index contributed by atoms with van der Waals surface area (Å²) >= 11 is 1.54. The van der Waals surface area contributed by atoms with Crippen LogP contribution in [0.15, 0.2) is 0 Å². The normalized spacial score (nSPS) is 20.6. The average Bonchev–Trinajstić information content (AvgIpc) is 2.74. The number of hydrogen-bond acceptors (Lipinski definition) is 4. The zero-order chi connectivity index (χ0) is 14.9. The molecule has 1 heterocycles. The molecule has 3 N–H and O–H groups in total. The number of nitrogens with zero attached hydrogens (tertiary/aromatic N) is 1. The summed E-state index contributed by atoms with van der Waals surface area (Å²) in [6.45, 7) is 5.82. The van der Waals surface area contributed by atoms with Crippen LogP contribution in [0.2, 0.25) is 0 Å². The van der Waals surface area contributed by atoms with Crippen molar-refractivity contribution in [3.63, 3.8) is 0 Å². The summed E-state index contributed by atoms with van der Waals surface area (Å²) in [6, 6.07) is 2.25. The zero-order valence-corrected chi connectivity index (χ0v) is 13.1. The van der Waals surface area contributed by atoms with Gasteiger partial charge in [-0.1, -0.05) is 13.8 Å². The van der Waals surface area contributed by atoms with E-state index in [-0.39, 0.29) is 5.91 Å². The van der Waals surface area contributed by atoms with Crippen LogP contribution in [0.5, 0.6) is 0 Å².